The molecule has 1 aliphatic heterocycles. The maximum atomic E-state index is 14.3. The number of carbonyl (C=O) groups excluding carboxylic acids is 1. The molecule has 1 unspecified atom stereocenters. The molecule has 2 aromatic rings. The van der Waals surface area contributed by atoms with Crippen molar-refractivity contribution in [1.29, 1.82) is 0 Å². The van der Waals surface area contributed by atoms with Crippen LogP contribution in [0.15, 0.2) is 35.6 Å². The van der Waals surface area contributed by atoms with Crippen molar-refractivity contribution in [3.05, 3.63) is 47.8 Å². The third-order valence-corrected chi connectivity index (χ3v) is 5.23. The first-order chi connectivity index (χ1) is 14.8. The van der Waals surface area contributed by atoms with E-state index in [1.165, 1.54) is 18.2 Å². The normalized spacial score (nSPS) is 16.2. The highest BCUT2D eigenvalue weighted by atomic mass is 19.1. The lowest BCUT2D eigenvalue weighted by Crippen LogP contribution is -2.55. The van der Waals surface area contributed by atoms with Crippen LogP contribution in [0.2, 0.25) is 0 Å². The van der Waals surface area contributed by atoms with Gasteiger partial charge in [-0.25, -0.2) is 8.78 Å². The second kappa shape index (κ2) is 9.86. The molecule has 31 heavy (non-hydrogen) atoms. The summed E-state index contributed by atoms with van der Waals surface area (Å²) in [5, 5.41) is 7.31. The highest BCUT2D eigenvalue weighted by Crippen LogP contribution is 2.25. The van der Waals surface area contributed by atoms with Crippen molar-refractivity contribution in [1.82, 2.24) is 24.9 Å². The molecule has 1 saturated heterocycles. The Bertz CT molecular complexity index is 923. The van der Waals surface area contributed by atoms with Gasteiger partial charge < -0.3 is 20.0 Å². The Morgan fingerprint density at radius 1 is 1.29 bits per heavy atom. The zero-order chi connectivity index (χ0) is 22.5. The summed E-state index contributed by atoms with van der Waals surface area (Å²) in [7, 11) is 5.32. The highest BCUT2D eigenvalue weighted by Gasteiger charge is 2.28. The van der Waals surface area contributed by atoms with Crippen molar-refractivity contribution >= 4 is 17.6 Å². The number of aliphatic imine (C=N–C) groups is 1. The van der Waals surface area contributed by atoms with E-state index in [9.17, 15) is 13.6 Å². The van der Waals surface area contributed by atoms with Crippen LogP contribution >= 0.6 is 0 Å². The highest BCUT2D eigenvalue weighted by molar-refractivity contribution is 5.98. The number of anilines is 1. The molecule has 168 valence electrons. The summed E-state index contributed by atoms with van der Waals surface area (Å²) >= 11 is 0. The van der Waals surface area contributed by atoms with Crippen molar-refractivity contribution in [2.45, 2.75) is 13.0 Å². The minimum Gasteiger partial charge on any atom is -0.357 e. The van der Waals surface area contributed by atoms with Gasteiger partial charge in [-0.1, -0.05) is 6.07 Å². The summed E-state index contributed by atoms with van der Waals surface area (Å²) in [6.07, 6.45) is 3.47. The second-order valence-corrected chi connectivity index (χ2v) is 7.65. The van der Waals surface area contributed by atoms with Crippen LogP contribution in [-0.2, 0) is 11.8 Å². The molecule has 2 heterocycles. The molecule has 0 radical (unpaired) electrons. The Balaban J connectivity index is 1.77. The van der Waals surface area contributed by atoms with Crippen LogP contribution in [0.25, 0.3) is 0 Å². The molecule has 0 saturated carbocycles. The molecule has 10 heteroatoms. The predicted octanol–water partition coefficient (Wildman–Crippen LogP) is 1.62. The quantitative estimate of drug-likeness (QED) is 0.554. The molecular weight excluding hydrogens is 404 g/mol. The van der Waals surface area contributed by atoms with Gasteiger partial charge in [-0.05, 0) is 33.2 Å². The number of piperazine rings is 1. The van der Waals surface area contributed by atoms with Crippen LogP contribution in [0.4, 0.5) is 14.5 Å². The third-order valence-electron chi connectivity index (χ3n) is 5.23. The number of nitrogens with zero attached hydrogens (tertiary/aromatic N) is 6. The third kappa shape index (κ3) is 5.19. The lowest BCUT2D eigenvalue weighted by Gasteiger charge is -2.35. The Morgan fingerprint density at radius 2 is 2.00 bits per heavy atom. The molecule has 1 aromatic heterocycles. The van der Waals surface area contributed by atoms with E-state index in [1.807, 2.05) is 11.8 Å². The van der Waals surface area contributed by atoms with Crippen LogP contribution < -0.4 is 10.2 Å². The molecular formula is C21H29F2N7O. The average molecular weight is 434 g/mol. The maximum absolute atomic E-state index is 14.3. The fraction of sp³-hybridized carbons (Fsp3) is 0.476. The molecule has 1 fully saturated rings. The van der Waals surface area contributed by atoms with Gasteiger partial charge in [-0.2, -0.15) is 5.10 Å². The molecule has 8 nitrogen and oxygen atoms in total. The SMILES string of the molecule is CCNC(=NCC(c1c(F)cccc1F)N(C)C)N1CCN(c2cnn(C)c2)C(=O)C1. The molecule has 1 aliphatic rings. The minimum atomic E-state index is -0.598. The number of hydrogen-bond donors (Lipinski definition) is 1. The van der Waals surface area contributed by atoms with Crippen molar-refractivity contribution in [2.24, 2.45) is 12.0 Å². The van der Waals surface area contributed by atoms with E-state index in [0.29, 0.717) is 25.6 Å². The van der Waals surface area contributed by atoms with E-state index in [-0.39, 0.29) is 24.6 Å². The van der Waals surface area contributed by atoms with E-state index < -0.39 is 17.7 Å². The molecule has 0 bridgehead atoms. The molecule has 1 N–H and O–H groups in total. The van der Waals surface area contributed by atoms with Crippen LogP contribution in [0, 0.1) is 11.6 Å². The summed E-state index contributed by atoms with van der Waals surface area (Å²) < 4.78 is 30.4. The number of aryl methyl sites for hydroxylation is 1. The first-order valence-electron chi connectivity index (χ1n) is 10.2. The summed E-state index contributed by atoms with van der Waals surface area (Å²) in [5.74, 6) is -0.710. The van der Waals surface area contributed by atoms with Gasteiger partial charge in [0.2, 0.25) is 5.91 Å². The largest absolute Gasteiger partial charge is 0.357 e. The van der Waals surface area contributed by atoms with Crippen molar-refractivity contribution in [2.75, 3.05) is 51.7 Å². The summed E-state index contributed by atoms with van der Waals surface area (Å²) in [5.41, 5.74) is 0.751. The van der Waals surface area contributed by atoms with Crippen molar-refractivity contribution < 1.29 is 13.6 Å². The Hall–Kier alpha value is -3.01. The van der Waals surface area contributed by atoms with E-state index in [4.69, 9.17) is 0 Å². The van der Waals surface area contributed by atoms with Gasteiger partial charge in [0.1, 0.15) is 18.2 Å². The predicted molar refractivity (Wildman–Crippen MR) is 116 cm³/mol. The smallest absolute Gasteiger partial charge is 0.246 e. The van der Waals surface area contributed by atoms with Gasteiger partial charge in [0.25, 0.3) is 0 Å². The van der Waals surface area contributed by atoms with E-state index >= 15 is 0 Å². The fourth-order valence-electron chi connectivity index (χ4n) is 3.62. The molecule has 3 rings (SSSR count). The lowest BCUT2D eigenvalue weighted by molar-refractivity contribution is -0.120. The first kappa shape index (κ1) is 22.7. The molecule has 1 aromatic carbocycles. The van der Waals surface area contributed by atoms with E-state index in [0.717, 1.165) is 5.69 Å². The van der Waals surface area contributed by atoms with Gasteiger partial charge in [0, 0.05) is 38.4 Å². The topological polar surface area (TPSA) is 69.0 Å². The maximum Gasteiger partial charge on any atom is 0.246 e. The number of carbonyl (C=O) groups is 1. The van der Waals surface area contributed by atoms with Crippen molar-refractivity contribution in [3.63, 3.8) is 0 Å². The number of rotatable bonds is 6. The average Bonchev–Trinajstić information content (AvgIpc) is 3.14. The van der Waals surface area contributed by atoms with E-state index in [1.54, 1.807) is 48.0 Å². The van der Waals surface area contributed by atoms with Gasteiger partial charge in [-0.15, -0.1) is 0 Å². The molecule has 1 amide bonds. The first-order valence-corrected chi connectivity index (χ1v) is 10.2. The van der Waals surface area contributed by atoms with Gasteiger partial charge >= 0.3 is 0 Å². The Morgan fingerprint density at radius 3 is 2.55 bits per heavy atom. The number of likely N-dealkylation sites (N-methyl/N-ethyl adjacent to an activating group) is 1. The fourth-order valence-corrected chi connectivity index (χ4v) is 3.62. The number of aromatic nitrogens is 2. The number of halogens is 2. The molecule has 1 atom stereocenters. The lowest BCUT2D eigenvalue weighted by atomic mass is 10.0. The summed E-state index contributed by atoms with van der Waals surface area (Å²) in [6.45, 7) is 3.91. The Labute approximate surface area is 181 Å². The van der Waals surface area contributed by atoms with Crippen LogP contribution in [-0.4, -0.2) is 78.3 Å². The molecule has 0 aliphatic carbocycles. The monoisotopic (exact) mass is 433 g/mol. The van der Waals surface area contributed by atoms with Gasteiger partial charge in [0.15, 0.2) is 5.96 Å². The van der Waals surface area contributed by atoms with Crippen LogP contribution in [0.3, 0.4) is 0 Å². The second-order valence-electron chi connectivity index (χ2n) is 7.65. The van der Waals surface area contributed by atoms with E-state index in [2.05, 4.69) is 15.4 Å². The van der Waals surface area contributed by atoms with Crippen LogP contribution in [0.1, 0.15) is 18.5 Å². The zero-order valence-electron chi connectivity index (χ0n) is 18.3. The van der Waals surface area contributed by atoms with Crippen molar-refractivity contribution in [3.8, 4) is 0 Å². The summed E-state index contributed by atoms with van der Waals surface area (Å²) in [6, 6.07) is 3.27. The van der Waals surface area contributed by atoms with Gasteiger partial charge in [0.05, 0.1) is 24.5 Å². The zero-order valence-corrected chi connectivity index (χ0v) is 18.3. The number of hydrogen-bond acceptors (Lipinski definition) is 4. The standard InChI is InChI=1S/C21H29F2N7O/c1-5-24-21(25-12-18(27(2)3)20-16(22)7-6-8-17(20)23)29-9-10-30(19(31)14-29)15-11-26-28(4)13-15/h6-8,11,13,18H,5,9-10,12,14H2,1-4H3,(H,24,25). The number of benzene rings is 1. The Kier molecular flexibility index (Phi) is 7.21. The van der Waals surface area contributed by atoms with Crippen LogP contribution in [0.5, 0.6) is 0 Å². The summed E-state index contributed by atoms with van der Waals surface area (Å²) in [4.78, 5) is 22.7. The minimum absolute atomic E-state index is 0.00966. The van der Waals surface area contributed by atoms with Gasteiger partial charge in [-0.3, -0.25) is 14.5 Å². The molecule has 0 spiro atoms. The number of nitrogens with one attached hydrogen (secondary N) is 1. The number of amides is 1. The number of guanidine groups is 1.